The van der Waals surface area contributed by atoms with Crippen LogP contribution >= 0.6 is 0 Å². The molecule has 3 aromatic rings. The molecule has 0 radical (unpaired) electrons. The van der Waals surface area contributed by atoms with Crippen molar-refractivity contribution in [1.82, 2.24) is 15.1 Å². The highest BCUT2D eigenvalue weighted by Crippen LogP contribution is 2.25. The van der Waals surface area contributed by atoms with Crippen molar-refractivity contribution < 1.29 is 4.79 Å². The highest BCUT2D eigenvalue weighted by atomic mass is 16.1. The summed E-state index contributed by atoms with van der Waals surface area (Å²) < 4.78 is 1.91. The maximum absolute atomic E-state index is 12.4. The topological polar surface area (TPSA) is 46.9 Å². The zero-order chi connectivity index (χ0) is 18.5. The molecule has 1 N–H and O–H groups in total. The van der Waals surface area contributed by atoms with E-state index in [1.807, 2.05) is 53.2 Å². The third kappa shape index (κ3) is 4.27. The summed E-state index contributed by atoms with van der Waals surface area (Å²) in [5.41, 5.74) is 4.16. The van der Waals surface area contributed by atoms with Gasteiger partial charge in [0.1, 0.15) is 0 Å². The van der Waals surface area contributed by atoms with E-state index in [1.54, 1.807) is 0 Å². The average molecular weight is 359 g/mol. The van der Waals surface area contributed by atoms with E-state index in [0.717, 1.165) is 35.3 Å². The highest BCUT2D eigenvalue weighted by molar-refractivity contribution is 5.77. The molecule has 0 spiro atoms. The van der Waals surface area contributed by atoms with E-state index < -0.39 is 0 Å². The number of benzene rings is 2. The number of nitrogens with one attached hydrogen (secondary N) is 1. The van der Waals surface area contributed by atoms with Crippen LogP contribution in [-0.2, 0) is 11.2 Å². The predicted octanol–water partition coefficient (Wildman–Crippen LogP) is 4.53. The fraction of sp³-hybridized carbons (Fsp3) is 0.304. The monoisotopic (exact) mass is 359 g/mol. The van der Waals surface area contributed by atoms with E-state index >= 15 is 0 Å². The van der Waals surface area contributed by atoms with E-state index in [9.17, 15) is 4.79 Å². The molecule has 4 heteroatoms. The third-order valence-electron chi connectivity index (χ3n) is 5.20. The largest absolute Gasteiger partial charge is 0.353 e. The molecule has 4 nitrogen and oxygen atoms in total. The number of carbonyl (C=O) groups is 1. The molecule has 1 amide bonds. The van der Waals surface area contributed by atoms with E-state index in [0.29, 0.717) is 18.9 Å². The van der Waals surface area contributed by atoms with Crippen LogP contribution in [0, 0.1) is 0 Å². The number of para-hydroxylation sites is 1. The molecule has 0 bridgehead atoms. The Morgan fingerprint density at radius 3 is 2.37 bits per heavy atom. The van der Waals surface area contributed by atoms with Crippen LogP contribution < -0.4 is 5.32 Å². The Bertz CT molecular complexity index is 881. The summed E-state index contributed by atoms with van der Waals surface area (Å²) in [5.74, 6) is 0.147. The van der Waals surface area contributed by atoms with Gasteiger partial charge in [-0.3, -0.25) is 4.79 Å². The van der Waals surface area contributed by atoms with E-state index in [1.165, 1.54) is 12.8 Å². The SMILES string of the molecule is O=C(CCc1cn(-c2ccccc2)nc1-c1ccccc1)NC1CCCC1. The van der Waals surface area contributed by atoms with Crippen molar-refractivity contribution in [2.45, 2.75) is 44.6 Å². The molecule has 138 valence electrons. The molecule has 1 aliphatic carbocycles. The smallest absolute Gasteiger partial charge is 0.220 e. The lowest BCUT2D eigenvalue weighted by atomic mass is 10.0. The van der Waals surface area contributed by atoms with E-state index in [-0.39, 0.29) is 5.91 Å². The number of nitrogens with zero attached hydrogens (tertiary/aromatic N) is 2. The van der Waals surface area contributed by atoms with Crippen LogP contribution in [0.25, 0.3) is 16.9 Å². The summed E-state index contributed by atoms with van der Waals surface area (Å²) in [7, 11) is 0. The van der Waals surface area contributed by atoms with Gasteiger partial charge >= 0.3 is 0 Å². The molecule has 0 aliphatic heterocycles. The van der Waals surface area contributed by atoms with Crippen molar-refractivity contribution in [3.63, 3.8) is 0 Å². The lowest BCUT2D eigenvalue weighted by Crippen LogP contribution is -2.32. The zero-order valence-corrected chi connectivity index (χ0v) is 15.5. The van der Waals surface area contributed by atoms with Crippen LogP contribution in [0.1, 0.15) is 37.7 Å². The second kappa shape index (κ2) is 8.21. The quantitative estimate of drug-likeness (QED) is 0.703. The van der Waals surface area contributed by atoms with Crippen molar-refractivity contribution in [2.75, 3.05) is 0 Å². The van der Waals surface area contributed by atoms with Crippen molar-refractivity contribution >= 4 is 5.91 Å². The summed E-state index contributed by atoms with van der Waals surface area (Å²) in [6.45, 7) is 0. The van der Waals surface area contributed by atoms with Gasteiger partial charge in [0.15, 0.2) is 0 Å². The minimum atomic E-state index is 0.147. The first-order valence-corrected chi connectivity index (χ1v) is 9.78. The Balaban J connectivity index is 1.54. The standard InChI is InChI=1S/C23H25N3O/c27-22(24-20-11-7-8-12-20)16-15-19-17-26(21-13-5-2-6-14-21)25-23(19)18-9-3-1-4-10-18/h1-6,9-10,13-14,17,20H,7-8,11-12,15-16H2,(H,24,27). The molecule has 1 heterocycles. The first-order valence-electron chi connectivity index (χ1n) is 9.78. The van der Waals surface area contributed by atoms with E-state index in [4.69, 9.17) is 5.10 Å². The molecule has 27 heavy (non-hydrogen) atoms. The van der Waals surface area contributed by atoms with Gasteiger partial charge in [-0.25, -0.2) is 4.68 Å². The first-order chi connectivity index (χ1) is 13.3. The van der Waals surface area contributed by atoms with Gasteiger partial charge in [0.05, 0.1) is 11.4 Å². The van der Waals surface area contributed by atoms with Crippen molar-refractivity contribution in [3.8, 4) is 16.9 Å². The first kappa shape index (κ1) is 17.5. The lowest BCUT2D eigenvalue weighted by Gasteiger charge is -2.11. The molecule has 1 aliphatic rings. The minimum absolute atomic E-state index is 0.147. The van der Waals surface area contributed by atoms with Crippen LogP contribution in [0.3, 0.4) is 0 Å². The second-order valence-corrected chi connectivity index (χ2v) is 7.20. The van der Waals surface area contributed by atoms with Crippen molar-refractivity contribution in [3.05, 3.63) is 72.4 Å². The molecule has 1 aromatic heterocycles. The fourth-order valence-corrected chi connectivity index (χ4v) is 3.76. The Hall–Kier alpha value is -2.88. The summed E-state index contributed by atoms with van der Waals surface area (Å²) >= 11 is 0. The van der Waals surface area contributed by atoms with Crippen LogP contribution in [0.15, 0.2) is 66.9 Å². The van der Waals surface area contributed by atoms with Gasteiger partial charge in [-0.15, -0.1) is 0 Å². The van der Waals surface area contributed by atoms with Crippen LogP contribution in [0.2, 0.25) is 0 Å². The third-order valence-corrected chi connectivity index (χ3v) is 5.20. The molecular formula is C23H25N3O. The molecule has 1 fully saturated rings. The predicted molar refractivity (Wildman–Crippen MR) is 108 cm³/mol. The Morgan fingerprint density at radius 1 is 1.00 bits per heavy atom. The van der Waals surface area contributed by atoms with Crippen molar-refractivity contribution in [2.24, 2.45) is 0 Å². The van der Waals surface area contributed by atoms with Gasteiger partial charge in [-0.1, -0.05) is 61.4 Å². The normalized spacial score (nSPS) is 14.4. The molecule has 1 saturated carbocycles. The van der Waals surface area contributed by atoms with Gasteiger partial charge in [0.2, 0.25) is 5.91 Å². The fourth-order valence-electron chi connectivity index (χ4n) is 3.76. The molecule has 0 unspecified atom stereocenters. The minimum Gasteiger partial charge on any atom is -0.353 e. The van der Waals surface area contributed by atoms with E-state index in [2.05, 4.69) is 23.6 Å². The molecule has 2 aromatic carbocycles. The number of rotatable bonds is 6. The maximum Gasteiger partial charge on any atom is 0.220 e. The Morgan fingerprint density at radius 2 is 1.67 bits per heavy atom. The summed E-state index contributed by atoms with van der Waals surface area (Å²) in [6.07, 6.45) is 7.94. The number of aryl methyl sites for hydroxylation is 1. The zero-order valence-electron chi connectivity index (χ0n) is 15.5. The Labute approximate surface area is 160 Å². The number of hydrogen-bond acceptors (Lipinski definition) is 2. The number of amides is 1. The van der Waals surface area contributed by atoms with Crippen LogP contribution in [0.5, 0.6) is 0 Å². The molecular weight excluding hydrogens is 334 g/mol. The second-order valence-electron chi connectivity index (χ2n) is 7.20. The average Bonchev–Trinajstić information content (AvgIpc) is 3.37. The summed E-state index contributed by atoms with van der Waals surface area (Å²) in [4.78, 5) is 12.4. The molecule has 4 rings (SSSR count). The lowest BCUT2D eigenvalue weighted by molar-refractivity contribution is -0.121. The van der Waals surface area contributed by atoms with Gasteiger partial charge in [-0.2, -0.15) is 5.10 Å². The van der Waals surface area contributed by atoms with Gasteiger partial charge in [0, 0.05) is 24.2 Å². The van der Waals surface area contributed by atoms with Gasteiger partial charge in [0.25, 0.3) is 0 Å². The number of carbonyl (C=O) groups excluding carboxylic acids is 1. The summed E-state index contributed by atoms with van der Waals surface area (Å²) in [5, 5.41) is 8.00. The van der Waals surface area contributed by atoms with Crippen LogP contribution in [-0.4, -0.2) is 21.7 Å². The molecule has 0 atom stereocenters. The number of hydrogen-bond donors (Lipinski definition) is 1. The van der Waals surface area contributed by atoms with Crippen LogP contribution in [0.4, 0.5) is 0 Å². The summed E-state index contributed by atoms with van der Waals surface area (Å²) in [6, 6.07) is 20.7. The highest BCUT2D eigenvalue weighted by Gasteiger charge is 2.18. The maximum atomic E-state index is 12.4. The van der Waals surface area contributed by atoms with Crippen molar-refractivity contribution in [1.29, 1.82) is 0 Å². The molecule has 0 saturated heterocycles. The Kier molecular flexibility index (Phi) is 5.33. The number of aromatic nitrogens is 2. The van der Waals surface area contributed by atoms with Gasteiger partial charge < -0.3 is 5.32 Å². The van der Waals surface area contributed by atoms with Gasteiger partial charge in [-0.05, 0) is 37.0 Å².